The van der Waals surface area contributed by atoms with Crippen molar-refractivity contribution in [2.24, 2.45) is 11.7 Å². The maximum atomic E-state index is 13.1. The standard InChI is InChI=1S/C13H16FN3O/c1-8(2)5-12(16)13(18)17-10-3-4-11(14)9(6-10)7-15/h3-4,6,8,12H,5,16H2,1-2H3,(H,17,18)/t12-/m1/s1. The molecule has 4 nitrogen and oxygen atoms in total. The van der Waals surface area contributed by atoms with Gasteiger partial charge in [0.2, 0.25) is 5.91 Å². The van der Waals surface area contributed by atoms with Crippen molar-refractivity contribution < 1.29 is 9.18 Å². The summed E-state index contributed by atoms with van der Waals surface area (Å²) in [4.78, 5) is 11.7. The molecule has 0 spiro atoms. The van der Waals surface area contributed by atoms with Crippen LogP contribution in [0.2, 0.25) is 0 Å². The molecule has 1 aromatic carbocycles. The molecule has 0 unspecified atom stereocenters. The SMILES string of the molecule is CC(C)C[C@@H](N)C(=O)Nc1ccc(F)c(C#N)c1. The van der Waals surface area contributed by atoms with Gasteiger partial charge in [0, 0.05) is 5.69 Å². The van der Waals surface area contributed by atoms with Gasteiger partial charge in [-0.1, -0.05) is 13.8 Å². The van der Waals surface area contributed by atoms with Gasteiger partial charge >= 0.3 is 0 Å². The topological polar surface area (TPSA) is 78.9 Å². The second-order valence-corrected chi connectivity index (χ2v) is 4.53. The minimum atomic E-state index is -0.611. The first-order chi connectivity index (χ1) is 8.43. The first-order valence-electron chi connectivity index (χ1n) is 5.70. The Morgan fingerprint density at radius 2 is 2.22 bits per heavy atom. The fourth-order valence-corrected chi connectivity index (χ4v) is 1.54. The lowest BCUT2D eigenvalue weighted by Gasteiger charge is -2.14. The highest BCUT2D eigenvalue weighted by Gasteiger charge is 2.15. The summed E-state index contributed by atoms with van der Waals surface area (Å²) in [5.41, 5.74) is 5.98. The van der Waals surface area contributed by atoms with Crippen LogP contribution in [0.5, 0.6) is 0 Å². The number of carbonyl (C=O) groups is 1. The van der Waals surface area contributed by atoms with Crippen molar-refractivity contribution in [2.75, 3.05) is 5.32 Å². The van der Waals surface area contributed by atoms with E-state index in [4.69, 9.17) is 11.0 Å². The predicted octanol–water partition coefficient (Wildman–Crippen LogP) is 2.01. The van der Waals surface area contributed by atoms with Gasteiger partial charge in [0.25, 0.3) is 0 Å². The van der Waals surface area contributed by atoms with Crippen LogP contribution < -0.4 is 11.1 Å². The molecule has 0 saturated carbocycles. The number of nitrogens with two attached hydrogens (primary N) is 1. The molecule has 0 heterocycles. The normalized spacial score (nSPS) is 12.0. The molecule has 1 aromatic rings. The van der Waals surface area contributed by atoms with Crippen LogP contribution in [0.1, 0.15) is 25.8 Å². The van der Waals surface area contributed by atoms with Crippen molar-refractivity contribution in [1.82, 2.24) is 0 Å². The number of rotatable bonds is 4. The Hall–Kier alpha value is -1.93. The zero-order chi connectivity index (χ0) is 13.7. The van der Waals surface area contributed by atoms with Crippen molar-refractivity contribution in [3.05, 3.63) is 29.6 Å². The summed E-state index contributed by atoms with van der Waals surface area (Å²) in [5, 5.41) is 11.2. The van der Waals surface area contributed by atoms with E-state index in [1.165, 1.54) is 12.1 Å². The number of halogens is 1. The summed E-state index contributed by atoms with van der Waals surface area (Å²) in [6.07, 6.45) is 0.568. The van der Waals surface area contributed by atoms with Gasteiger partial charge in [0.1, 0.15) is 11.9 Å². The van der Waals surface area contributed by atoms with E-state index in [0.717, 1.165) is 6.07 Å². The number of nitrogens with one attached hydrogen (secondary N) is 1. The number of carbonyl (C=O) groups excluding carboxylic acids is 1. The molecule has 0 aliphatic heterocycles. The first-order valence-corrected chi connectivity index (χ1v) is 5.70. The third kappa shape index (κ3) is 3.82. The molecule has 18 heavy (non-hydrogen) atoms. The molecule has 1 amide bonds. The van der Waals surface area contributed by atoms with Crippen LogP contribution in [-0.2, 0) is 4.79 Å². The molecule has 96 valence electrons. The van der Waals surface area contributed by atoms with Crippen LogP contribution in [0.3, 0.4) is 0 Å². The third-order valence-electron chi connectivity index (χ3n) is 2.42. The van der Waals surface area contributed by atoms with Gasteiger partial charge in [-0.05, 0) is 30.5 Å². The van der Waals surface area contributed by atoms with Gasteiger partial charge in [0.05, 0.1) is 11.6 Å². The van der Waals surface area contributed by atoms with Crippen LogP contribution in [0.15, 0.2) is 18.2 Å². The van der Waals surface area contributed by atoms with Gasteiger partial charge < -0.3 is 11.1 Å². The van der Waals surface area contributed by atoms with E-state index in [2.05, 4.69) is 5.32 Å². The molecule has 1 rings (SSSR count). The summed E-state index contributed by atoms with van der Waals surface area (Å²) >= 11 is 0. The zero-order valence-corrected chi connectivity index (χ0v) is 10.4. The Morgan fingerprint density at radius 3 is 2.78 bits per heavy atom. The van der Waals surface area contributed by atoms with Gasteiger partial charge in [-0.3, -0.25) is 4.79 Å². The lowest BCUT2D eigenvalue weighted by Crippen LogP contribution is -2.36. The monoisotopic (exact) mass is 249 g/mol. The molecule has 0 aliphatic rings. The minimum Gasteiger partial charge on any atom is -0.325 e. The Balaban J connectivity index is 2.74. The molecular formula is C13H16FN3O. The molecule has 0 saturated heterocycles. The second-order valence-electron chi connectivity index (χ2n) is 4.53. The second kappa shape index (κ2) is 6.12. The Kier molecular flexibility index (Phi) is 4.81. The molecule has 1 atom stereocenters. The summed E-state index contributed by atoms with van der Waals surface area (Å²) in [6.45, 7) is 3.94. The van der Waals surface area contributed by atoms with Crippen molar-refractivity contribution in [2.45, 2.75) is 26.3 Å². The number of hydrogen-bond acceptors (Lipinski definition) is 3. The van der Waals surface area contributed by atoms with Crippen LogP contribution in [-0.4, -0.2) is 11.9 Å². The number of anilines is 1. The average molecular weight is 249 g/mol. The van der Waals surface area contributed by atoms with Gasteiger partial charge in [0.15, 0.2) is 0 Å². The number of benzene rings is 1. The van der Waals surface area contributed by atoms with E-state index in [1.54, 1.807) is 6.07 Å². The van der Waals surface area contributed by atoms with E-state index >= 15 is 0 Å². The average Bonchev–Trinajstić information content (AvgIpc) is 2.30. The first kappa shape index (κ1) is 14.1. The van der Waals surface area contributed by atoms with Crippen molar-refractivity contribution in [3.63, 3.8) is 0 Å². The number of amides is 1. The van der Waals surface area contributed by atoms with Gasteiger partial charge in [-0.25, -0.2) is 4.39 Å². The van der Waals surface area contributed by atoms with E-state index in [1.807, 2.05) is 13.8 Å². The fourth-order valence-electron chi connectivity index (χ4n) is 1.54. The summed E-state index contributed by atoms with van der Waals surface area (Å²) < 4.78 is 13.1. The van der Waals surface area contributed by atoms with Crippen molar-refractivity contribution >= 4 is 11.6 Å². The van der Waals surface area contributed by atoms with E-state index in [-0.39, 0.29) is 11.5 Å². The quantitative estimate of drug-likeness (QED) is 0.856. The summed E-state index contributed by atoms with van der Waals surface area (Å²) in [7, 11) is 0. The molecular weight excluding hydrogens is 233 g/mol. The highest BCUT2D eigenvalue weighted by atomic mass is 19.1. The third-order valence-corrected chi connectivity index (χ3v) is 2.42. The lowest BCUT2D eigenvalue weighted by atomic mass is 10.0. The lowest BCUT2D eigenvalue weighted by molar-refractivity contribution is -0.117. The maximum absolute atomic E-state index is 13.1. The Bertz CT molecular complexity index is 480. The van der Waals surface area contributed by atoms with Gasteiger partial charge in [-0.15, -0.1) is 0 Å². The van der Waals surface area contributed by atoms with E-state index in [9.17, 15) is 9.18 Å². The summed E-state index contributed by atoms with van der Waals surface area (Å²) in [6, 6.07) is 4.93. The predicted molar refractivity (Wildman–Crippen MR) is 67.2 cm³/mol. The molecule has 3 N–H and O–H groups in total. The summed E-state index contributed by atoms with van der Waals surface area (Å²) in [5.74, 6) is -0.630. The highest BCUT2D eigenvalue weighted by molar-refractivity contribution is 5.94. The highest BCUT2D eigenvalue weighted by Crippen LogP contribution is 2.14. The smallest absolute Gasteiger partial charge is 0.241 e. The van der Waals surface area contributed by atoms with E-state index in [0.29, 0.717) is 18.0 Å². The number of hydrogen-bond donors (Lipinski definition) is 2. The molecule has 0 bridgehead atoms. The zero-order valence-electron chi connectivity index (χ0n) is 10.4. The molecule has 5 heteroatoms. The van der Waals surface area contributed by atoms with Crippen molar-refractivity contribution in [3.8, 4) is 6.07 Å². The van der Waals surface area contributed by atoms with Crippen LogP contribution in [0.25, 0.3) is 0 Å². The number of nitrogens with zero attached hydrogens (tertiary/aromatic N) is 1. The largest absolute Gasteiger partial charge is 0.325 e. The molecule has 0 aliphatic carbocycles. The molecule has 0 fully saturated rings. The van der Waals surface area contributed by atoms with Crippen LogP contribution in [0, 0.1) is 23.1 Å². The van der Waals surface area contributed by atoms with Crippen LogP contribution >= 0.6 is 0 Å². The fraction of sp³-hybridized carbons (Fsp3) is 0.385. The van der Waals surface area contributed by atoms with E-state index < -0.39 is 11.9 Å². The van der Waals surface area contributed by atoms with Crippen molar-refractivity contribution in [1.29, 1.82) is 5.26 Å². The Labute approximate surface area is 106 Å². The Morgan fingerprint density at radius 1 is 1.56 bits per heavy atom. The molecule has 0 radical (unpaired) electrons. The van der Waals surface area contributed by atoms with Gasteiger partial charge in [-0.2, -0.15) is 5.26 Å². The van der Waals surface area contributed by atoms with Crippen LogP contribution in [0.4, 0.5) is 10.1 Å². The molecule has 0 aromatic heterocycles. The minimum absolute atomic E-state index is 0.106. The number of nitriles is 1. The maximum Gasteiger partial charge on any atom is 0.241 e.